The van der Waals surface area contributed by atoms with Gasteiger partial charge in [0.15, 0.2) is 4.83 Å². The first kappa shape index (κ1) is 12.8. The summed E-state index contributed by atoms with van der Waals surface area (Å²) in [6.07, 6.45) is 1.89. The molecule has 7 nitrogen and oxygen atoms in total. The Labute approximate surface area is 108 Å². The van der Waals surface area contributed by atoms with Gasteiger partial charge in [0, 0.05) is 18.2 Å². The van der Waals surface area contributed by atoms with Crippen molar-refractivity contribution >= 4 is 29.3 Å². The predicted octanol–water partition coefficient (Wildman–Crippen LogP) is -0.911. The number of hydrogen-bond acceptors (Lipinski definition) is 5. The van der Waals surface area contributed by atoms with Crippen molar-refractivity contribution in [3.8, 4) is 0 Å². The summed E-state index contributed by atoms with van der Waals surface area (Å²) in [4.78, 5) is 4.74. The summed E-state index contributed by atoms with van der Waals surface area (Å²) in [6, 6.07) is 0. The highest BCUT2D eigenvalue weighted by atomic mass is 35.5. The standard InChI is InChI=1S/C8H14ClN5O2S/c1-13-4-16-5-14(8(13)11-12-15)3-6-2-10-7(9)17-6/h2,7,10,12,15H,3-5H2,1H3/p+1. The highest BCUT2D eigenvalue weighted by molar-refractivity contribution is 8.05. The van der Waals surface area contributed by atoms with Crippen LogP contribution in [0.25, 0.3) is 0 Å². The van der Waals surface area contributed by atoms with E-state index in [0.717, 1.165) is 10.5 Å². The Morgan fingerprint density at radius 1 is 1.76 bits per heavy atom. The lowest BCUT2D eigenvalue weighted by molar-refractivity contribution is -0.893. The van der Waals surface area contributed by atoms with Gasteiger partial charge in [-0.25, -0.2) is 0 Å². The van der Waals surface area contributed by atoms with Gasteiger partial charge in [0.2, 0.25) is 0 Å². The monoisotopic (exact) mass is 280 g/mol. The van der Waals surface area contributed by atoms with Gasteiger partial charge >= 0.3 is 0 Å². The number of thioether (sulfide) groups is 1. The van der Waals surface area contributed by atoms with E-state index in [4.69, 9.17) is 21.5 Å². The van der Waals surface area contributed by atoms with Gasteiger partial charge in [-0.2, -0.15) is 5.21 Å². The van der Waals surface area contributed by atoms with Gasteiger partial charge in [-0.3, -0.25) is 0 Å². The highest BCUT2D eigenvalue weighted by Gasteiger charge is 2.26. The molecule has 2 rings (SSSR count). The van der Waals surface area contributed by atoms with E-state index in [1.54, 1.807) is 11.8 Å². The lowest BCUT2D eigenvalue weighted by Crippen LogP contribution is -2.76. The minimum absolute atomic E-state index is 0.113. The van der Waals surface area contributed by atoms with Crippen molar-refractivity contribution in [1.82, 2.24) is 15.1 Å². The van der Waals surface area contributed by atoms with Crippen molar-refractivity contribution in [2.24, 2.45) is 5.10 Å². The second-order valence-corrected chi connectivity index (χ2v) is 5.54. The third kappa shape index (κ3) is 3.17. The van der Waals surface area contributed by atoms with Crippen molar-refractivity contribution in [1.29, 1.82) is 0 Å². The maximum Gasteiger partial charge on any atom is 0.262 e. The van der Waals surface area contributed by atoms with E-state index in [-0.39, 0.29) is 4.83 Å². The highest BCUT2D eigenvalue weighted by Crippen LogP contribution is 2.28. The first-order valence-corrected chi connectivity index (χ1v) is 6.35. The van der Waals surface area contributed by atoms with Crippen LogP contribution >= 0.6 is 23.4 Å². The topological polar surface area (TPSA) is 76.9 Å². The molecule has 1 saturated heterocycles. The van der Waals surface area contributed by atoms with Crippen molar-refractivity contribution in [3.05, 3.63) is 11.1 Å². The van der Waals surface area contributed by atoms with Crippen LogP contribution in [0.15, 0.2) is 16.2 Å². The minimum atomic E-state index is -0.113. The van der Waals surface area contributed by atoms with Gasteiger partial charge in [-0.1, -0.05) is 29.0 Å². The lowest BCUT2D eigenvalue weighted by atomic mass is 10.5. The third-order valence-corrected chi connectivity index (χ3v) is 3.59. The number of nitrogens with one attached hydrogen (secondary N) is 1. The number of rotatable bonds is 3. The van der Waals surface area contributed by atoms with E-state index >= 15 is 0 Å². The van der Waals surface area contributed by atoms with Gasteiger partial charge in [0.1, 0.15) is 13.5 Å². The van der Waals surface area contributed by atoms with E-state index in [9.17, 15) is 0 Å². The normalized spacial score (nSPS) is 27.4. The van der Waals surface area contributed by atoms with Gasteiger partial charge in [-0.15, -0.1) is 0 Å². The average Bonchev–Trinajstić information content (AvgIpc) is 2.69. The average molecular weight is 281 g/mol. The molecule has 1 atom stereocenters. The fourth-order valence-corrected chi connectivity index (χ4v) is 2.80. The summed E-state index contributed by atoms with van der Waals surface area (Å²) in [7, 11) is 1.85. The Balaban J connectivity index is 2.00. The Morgan fingerprint density at radius 2 is 2.59 bits per heavy atom. The van der Waals surface area contributed by atoms with Crippen molar-refractivity contribution < 1.29 is 15.5 Å². The number of guanidine groups is 1. The largest absolute Gasteiger partial charge is 0.366 e. The van der Waals surface area contributed by atoms with Crippen molar-refractivity contribution in [3.63, 3.8) is 0 Å². The maximum absolute atomic E-state index is 8.80. The van der Waals surface area contributed by atoms with Crippen LogP contribution in [0, 0.1) is 0 Å². The molecule has 9 heteroatoms. The number of alkyl halides is 1. The molecular formula is C8H15ClN5O2S+. The molecule has 0 aromatic rings. The summed E-state index contributed by atoms with van der Waals surface area (Å²) in [5.74, 6) is 0.679. The van der Waals surface area contributed by atoms with Gasteiger partial charge < -0.3 is 19.9 Å². The molecule has 0 saturated carbocycles. The zero-order chi connectivity index (χ0) is 12.3. The zero-order valence-corrected chi connectivity index (χ0v) is 10.9. The maximum atomic E-state index is 8.80. The van der Waals surface area contributed by atoms with Crippen LogP contribution in [0.5, 0.6) is 0 Å². The molecule has 96 valence electrons. The van der Waals surface area contributed by atoms with Crippen LogP contribution < -0.4 is 10.9 Å². The molecule has 1 unspecified atom stereocenters. The summed E-state index contributed by atoms with van der Waals surface area (Å²) in [6.45, 7) is 1.56. The minimum Gasteiger partial charge on any atom is -0.366 e. The molecule has 0 aliphatic carbocycles. The molecular weight excluding hydrogens is 266 g/mol. The molecule has 0 aromatic heterocycles. The van der Waals surface area contributed by atoms with Gasteiger partial charge in [0.05, 0.1) is 6.54 Å². The Bertz CT molecular complexity index is 340. The van der Waals surface area contributed by atoms with Gasteiger partial charge in [-0.05, 0) is 5.10 Å². The molecule has 2 aliphatic heterocycles. The van der Waals surface area contributed by atoms with E-state index in [0.29, 0.717) is 26.0 Å². The number of ether oxygens (including phenoxy) is 1. The molecule has 0 radical (unpaired) electrons. The molecule has 17 heavy (non-hydrogen) atoms. The second-order valence-electron chi connectivity index (χ2n) is 3.61. The SMILES string of the molecule is CN1COCN(CC2=CNC(Cl)S2)C1=N[NH2+]O. The number of halogens is 1. The van der Waals surface area contributed by atoms with Crippen LogP contribution in [-0.4, -0.2) is 52.9 Å². The molecule has 0 spiro atoms. The fourth-order valence-electron chi connectivity index (χ4n) is 1.62. The Kier molecular flexibility index (Phi) is 4.35. The smallest absolute Gasteiger partial charge is 0.262 e. The van der Waals surface area contributed by atoms with E-state index < -0.39 is 0 Å². The van der Waals surface area contributed by atoms with E-state index in [1.807, 2.05) is 23.0 Å². The second kappa shape index (κ2) is 5.78. The van der Waals surface area contributed by atoms with Gasteiger partial charge in [0.25, 0.3) is 5.96 Å². The van der Waals surface area contributed by atoms with Crippen LogP contribution in [-0.2, 0) is 4.74 Å². The quantitative estimate of drug-likeness (QED) is 0.269. The predicted molar refractivity (Wildman–Crippen MR) is 64.9 cm³/mol. The molecule has 0 amide bonds. The third-order valence-electron chi connectivity index (χ3n) is 2.31. The molecule has 0 aromatic carbocycles. The van der Waals surface area contributed by atoms with E-state index in [1.165, 1.54) is 0 Å². The molecule has 2 aliphatic rings. The first-order valence-electron chi connectivity index (χ1n) is 5.04. The number of quaternary nitrogens is 1. The fraction of sp³-hybridized carbons (Fsp3) is 0.625. The number of nitrogens with two attached hydrogens (primary N) is 1. The molecule has 2 heterocycles. The summed E-state index contributed by atoms with van der Waals surface area (Å²) < 4.78 is 5.39. The molecule has 1 fully saturated rings. The van der Waals surface area contributed by atoms with Crippen molar-refractivity contribution in [2.75, 3.05) is 27.1 Å². The number of hydrogen-bond donors (Lipinski definition) is 3. The van der Waals surface area contributed by atoms with Crippen LogP contribution in [0.4, 0.5) is 0 Å². The summed E-state index contributed by atoms with van der Waals surface area (Å²) >= 11 is 7.47. The summed E-state index contributed by atoms with van der Waals surface area (Å²) in [5, 5.41) is 15.7. The van der Waals surface area contributed by atoms with Crippen LogP contribution in [0.3, 0.4) is 0 Å². The van der Waals surface area contributed by atoms with Crippen molar-refractivity contribution in [2.45, 2.75) is 4.83 Å². The van der Waals surface area contributed by atoms with Crippen LogP contribution in [0.2, 0.25) is 0 Å². The van der Waals surface area contributed by atoms with E-state index in [2.05, 4.69) is 10.4 Å². The first-order chi connectivity index (χ1) is 8.20. The zero-order valence-electron chi connectivity index (χ0n) is 9.34. The number of nitrogens with zero attached hydrogens (tertiary/aromatic N) is 3. The van der Waals surface area contributed by atoms with Crippen LogP contribution in [0.1, 0.15) is 0 Å². The molecule has 0 bridgehead atoms. The summed E-state index contributed by atoms with van der Waals surface area (Å²) in [5.41, 5.74) is 0.795. The Morgan fingerprint density at radius 3 is 3.24 bits per heavy atom. The molecule has 4 N–H and O–H groups in total. The Hall–Kier alpha value is -0.670. The lowest BCUT2D eigenvalue weighted by Gasteiger charge is -2.35.